The molecule has 0 aliphatic carbocycles. The molecule has 3 atom stereocenters. The summed E-state index contributed by atoms with van der Waals surface area (Å²) in [5.74, 6) is 0. The Labute approximate surface area is 105 Å². The van der Waals surface area contributed by atoms with Crippen LogP contribution in [0.3, 0.4) is 0 Å². The molecule has 0 aliphatic heterocycles. The van der Waals surface area contributed by atoms with Gasteiger partial charge in [-0.3, -0.25) is 0 Å². The predicted molar refractivity (Wildman–Crippen MR) is 67.2 cm³/mol. The predicted octanol–water partition coefficient (Wildman–Crippen LogP) is 0.807. The summed E-state index contributed by atoms with van der Waals surface area (Å²) >= 11 is 0. The van der Waals surface area contributed by atoms with E-state index in [0.717, 1.165) is 0 Å². The molecule has 5 heteroatoms. The van der Waals surface area contributed by atoms with Gasteiger partial charge in [0, 0.05) is 13.2 Å². The smallest absolute Gasteiger partial charge is 0.0781 e. The van der Waals surface area contributed by atoms with Crippen LogP contribution in [0.4, 0.5) is 0 Å². The van der Waals surface area contributed by atoms with Gasteiger partial charge in [-0.15, -0.1) is 0 Å². The van der Waals surface area contributed by atoms with Crippen molar-refractivity contribution in [2.75, 3.05) is 40.1 Å². The minimum Gasteiger partial charge on any atom is -0.382 e. The topological polar surface area (TPSA) is 62.9 Å². The van der Waals surface area contributed by atoms with E-state index in [-0.39, 0.29) is 18.2 Å². The molecule has 0 aromatic heterocycles. The first-order valence-corrected chi connectivity index (χ1v) is 6.11. The van der Waals surface area contributed by atoms with E-state index in [2.05, 4.69) is 0 Å². The fourth-order valence-corrected chi connectivity index (χ4v) is 1.10. The maximum Gasteiger partial charge on any atom is 0.0781 e. The van der Waals surface area contributed by atoms with Crippen molar-refractivity contribution in [1.82, 2.24) is 0 Å². The highest BCUT2D eigenvalue weighted by molar-refractivity contribution is 4.55. The van der Waals surface area contributed by atoms with Crippen LogP contribution in [0.25, 0.3) is 0 Å². The first-order chi connectivity index (χ1) is 8.06. The highest BCUT2D eigenvalue weighted by Crippen LogP contribution is 1.98. The van der Waals surface area contributed by atoms with Crippen LogP contribution in [0.2, 0.25) is 0 Å². The lowest BCUT2D eigenvalue weighted by molar-refractivity contribution is -0.0621. The minimum absolute atomic E-state index is 0.0578. The number of hydrogen-bond acceptors (Lipinski definition) is 5. The summed E-state index contributed by atoms with van der Waals surface area (Å²) in [6, 6.07) is 0.0623. The zero-order chi connectivity index (χ0) is 13.1. The molecule has 2 N–H and O–H groups in total. The Hall–Kier alpha value is -0.200. The van der Waals surface area contributed by atoms with Gasteiger partial charge in [-0.2, -0.15) is 0 Å². The van der Waals surface area contributed by atoms with E-state index in [4.69, 9.17) is 24.7 Å². The van der Waals surface area contributed by atoms with Crippen molar-refractivity contribution in [2.24, 2.45) is 5.73 Å². The van der Waals surface area contributed by atoms with Crippen LogP contribution in [0.15, 0.2) is 0 Å². The van der Waals surface area contributed by atoms with Gasteiger partial charge in [-0.05, 0) is 20.8 Å². The molecule has 5 nitrogen and oxygen atoms in total. The Bertz CT molecular complexity index is 167. The second-order valence-electron chi connectivity index (χ2n) is 4.33. The summed E-state index contributed by atoms with van der Waals surface area (Å²) < 4.78 is 21.3. The molecule has 104 valence electrons. The molecule has 17 heavy (non-hydrogen) atoms. The highest BCUT2D eigenvalue weighted by atomic mass is 16.6. The fraction of sp³-hybridized carbons (Fsp3) is 1.00. The van der Waals surface area contributed by atoms with Gasteiger partial charge in [0.15, 0.2) is 0 Å². The Morgan fingerprint density at radius 1 is 0.882 bits per heavy atom. The van der Waals surface area contributed by atoms with Crippen molar-refractivity contribution in [3.63, 3.8) is 0 Å². The molecule has 3 unspecified atom stereocenters. The molecule has 0 fully saturated rings. The van der Waals surface area contributed by atoms with Gasteiger partial charge in [-0.25, -0.2) is 0 Å². The molecule has 0 bridgehead atoms. The molecule has 0 aliphatic rings. The van der Waals surface area contributed by atoms with Crippen molar-refractivity contribution in [3.05, 3.63) is 0 Å². The molecule has 0 aromatic rings. The van der Waals surface area contributed by atoms with Gasteiger partial charge in [0.05, 0.1) is 45.2 Å². The molecular weight excluding hydrogens is 222 g/mol. The zero-order valence-corrected chi connectivity index (χ0v) is 11.5. The Kier molecular flexibility index (Phi) is 10.8. The molecule has 0 aromatic carbocycles. The highest BCUT2D eigenvalue weighted by Gasteiger charge is 2.08. The summed E-state index contributed by atoms with van der Waals surface area (Å²) in [5.41, 5.74) is 5.59. The monoisotopic (exact) mass is 249 g/mol. The van der Waals surface area contributed by atoms with Crippen molar-refractivity contribution >= 4 is 0 Å². The Balaban J connectivity index is 3.38. The van der Waals surface area contributed by atoms with Crippen molar-refractivity contribution in [3.8, 4) is 0 Å². The third kappa shape index (κ3) is 12.1. The first-order valence-electron chi connectivity index (χ1n) is 6.11. The van der Waals surface area contributed by atoms with Gasteiger partial charge in [0.2, 0.25) is 0 Å². The third-order valence-electron chi connectivity index (χ3n) is 2.04. The van der Waals surface area contributed by atoms with E-state index in [9.17, 15) is 0 Å². The molecule has 0 rings (SSSR count). The van der Waals surface area contributed by atoms with Crippen LogP contribution in [0.1, 0.15) is 20.8 Å². The number of nitrogens with two attached hydrogens (primary N) is 1. The normalized spacial score (nSPS) is 16.8. The van der Waals surface area contributed by atoms with Gasteiger partial charge in [0.1, 0.15) is 0 Å². The third-order valence-corrected chi connectivity index (χ3v) is 2.04. The largest absolute Gasteiger partial charge is 0.382 e. The van der Waals surface area contributed by atoms with Crippen LogP contribution >= 0.6 is 0 Å². The van der Waals surface area contributed by atoms with Crippen molar-refractivity contribution < 1.29 is 18.9 Å². The molecule has 0 saturated carbocycles. The maximum absolute atomic E-state index is 5.59. The maximum atomic E-state index is 5.59. The number of ether oxygens (including phenoxy) is 4. The molecule has 0 amide bonds. The number of rotatable bonds is 11. The summed E-state index contributed by atoms with van der Waals surface area (Å²) in [6.07, 6.45) is 0.121. The lowest BCUT2D eigenvalue weighted by Crippen LogP contribution is -2.28. The Morgan fingerprint density at radius 3 is 2.06 bits per heavy atom. The van der Waals surface area contributed by atoms with Crippen LogP contribution in [-0.4, -0.2) is 58.4 Å². The lowest BCUT2D eigenvalue weighted by atomic mass is 10.3. The molecule has 0 spiro atoms. The second kappa shape index (κ2) is 10.9. The standard InChI is InChI=1S/C12H27NO4/c1-10(13)7-16-12(3)9-17-11(2)8-15-6-5-14-4/h10-12H,5-9,13H2,1-4H3. The first kappa shape index (κ1) is 16.8. The second-order valence-corrected chi connectivity index (χ2v) is 4.33. The fourth-order valence-electron chi connectivity index (χ4n) is 1.10. The van der Waals surface area contributed by atoms with Crippen LogP contribution < -0.4 is 5.73 Å². The Morgan fingerprint density at radius 2 is 1.47 bits per heavy atom. The van der Waals surface area contributed by atoms with Gasteiger partial charge in [-0.1, -0.05) is 0 Å². The zero-order valence-electron chi connectivity index (χ0n) is 11.5. The van der Waals surface area contributed by atoms with Gasteiger partial charge in [0.25, 0.3) is 0 Å². The van der Waals surface area contributed by atoms with Gasteiger partial charge < -0.3 is 24.7 Å². The number of methoxy groups -OCH3 is 1. The van der Waals surface area contributed by atoms with Crippen LogP contribution in [0, 0.1) is 0 Å². The van der Waals surface area contributed by atoms with Crippen LogP contribution in [-0.2, 0) is 18.9 Å². The minimum atomic E-state index is 0.0578. The number of hydrogen-bond donors (Lipinski definition) is 1. The van der Waals surface area contributed by atoms with Crippen molar-refractivity contribution in [2.45, 2.75) is 39.0 Å². The summed E-state index contributed by atoms with van der Waals surface area (Å²) in [4.78, 5) is 0. The molecule has 0 heterocycles. The summed E-state index contributed by atoms with van der Waals surface area (Å²) in [5, 5.41) is 0. The summed E-state index contributed by atoms with van der Waals surface area (Å²) in [7, 11) is 1.65. The quantitative estimate of drug-likeness (QED) is 0.549. The van der Waals surface area contributed by atoms with E-state index in [1.54, 1.807) is 7.11 Å². The van der Waals surface area contributed by atoms with Crippen LogP contribution in [0.5, 0.6) is 0 Å². The lowest BCUT2D eigenvalue weighted by Gasteiger charge is -2.18. The molecule has 0 saturated heterocycles. The van der Waals surface area contributed by atoms with E-state index in [1.165, 1.54) is 0 Å². The van der Waals surface area contributed by atoms with E-state index < -0.39 is 0 Å². The average molecular weight is 249 g/mol. The van der Waals surface area contributed by atoms with E-state index in [1.807, 2.05) is 20.8 Å². The SMILES string of the molecule is COCCOCC(C)OCC(C)OCC(C)N. The average Bonchev–Trinajstić information content (AvgIpc) is 2.29. The molecule has 0 radical (unpaired) electrons. The summed E-state index contributed by atoms with van der Waals surface area (Å²) in [6.45, 7) is 8.77. The van der Waals surface area contributed by atoms with E-state index >= 15 is 0 Å². The van der Waals surface area contributed by atoms with E-state index in [0.29, 0.717) is 33.0 Å². The molecular formula is C12H27NO4. The van der Waals surface area contributed by atoms with Gasteiger partial charge >= 0.3 is 0 Å². The van der Waals surface area contributed by atoms with Crippen molar-refractivity contribution in [1.29, 1.82) is 0 Å².